The Hall–Kier alpha value is -2.21. The molecule has 0 unspecified atom stereocenters. The summed E-state index contributed by atoms with van der Waals surface area (Å²) in [5, 5.41) is 3.05. The molecule has 1 heterocycles. The summed E-state index contributed by atoms with van der Waals surface area (Å²) in [6.45, 7) is 1.21. The first kappa shape index (κ1) is 13.2. The molecule has 0 radical (unpaired) electrons. The van der Waals surface area contributed by atoms with Gasteiger partial charge in [-0.2, -0.15) is 0 Å². The lowest BCUT2D eigenvalue weighted by molar-refractivity contribution is 0.315. The van der Waals surface area contributed by atoms with Crippen LogP contribution in [0.15, 0.2) is 36.7 Å². The minimum absolute atomic E-state index is 0.245. The predicted molar refractivity (Wildman–Crippen MR) is 70.3 cm³/mol. The zero-order valence-corrected chi connectivity index (χ0v) is 10.3. The first-order valence-corrected chi connectivity index (χ1v) is 5.92. The molecule has 0 aliphatic carbocycles. The standard InChI is InChI=1S/C13H15FN4O/c14-11-3-1-2-4-12(11)19-6-5-16-13-7-10(8-15)17-9-18-13/h1-4,7,9H,5-6,8,15H2,(H,16,17,18). The summed E-state index contributed by atoms with van der Waals surface area (Å²) in [6.07, 6.45) is 1.45. The topological polar surface area (TPSA) is 73.1 Å². The molecule has 0 aliphatic heterocycles. The van der Waals surface area contributed by atoms with Crippen molar-refractivity contribution >= 4 is 5.82 Å². The van der Waals surface area contributed by atoms with Crippen LogP contribution in [0.4, 0.5) is 10.2 Å². The van der Waals surface area contributed by atoms with Gasteiger partial charge in [0.2, 0.25) is 0 Å². The van der Waals surface area contributed by atoms with Crippen LogP contribution in [0.1, 0.15) is 5.69 Å². The first-order chi connectivity index (χ1) is 9.29. The van der Waals surface area contributed by atoms with Gasteiger partial charge in [0, 0.05) is 12.6 Å². The molecule has 0 fully saturated rings. The molecule has 100 valence electrons. The molecule has 0 amide bonds. The second-order valence-electron chi connectivity index (χ2n) is 3.80. The Labute approximate surface area is 110 Å². The van der Waals surface area contributed by atoms with Crippen LogP contribution in [0.5, 0.6) is 5.75 Å². The number of nitrogens with one attached hydrogen (secondary N) is 1. The molecule has 0 spiro atoms. The van der Waals surface area contributed by atoms with Crippen molar-refractivity contribution in [2.75, 3.05) is 18.5 Å². The van der Waals surface area contributed by atoms with Crippen molar-refractivity contribution in [3.8, 4) is 5.75 Å². The number of aromatic nitrogens is 2. The minimum Gasteiger partial charge on any atom is -0.489 e. The highest BCUT2D eigenvalue weighted by molar-refractivity contribution is 5.34. The summed E-state index contributed by atoms with van der Waals surface area (Å²) in [7, 11) is 0. The van der Waals surface area contributed by atoms with Crippen molar-refractivity contribution in [1.82, 2.24) is 9.97 Å². The summed E-state index contributed by atoms with van der Waals surface area (Å²) in [5.41, 5.74) is 6.24. The lowest BCUT2D eigenvalue weighted by Crippen LogP contribution is -2.13. The van der Waals surface area contributed by atoms with E-state index in [0.29, 0.717) is 25.5 Å². The molecular formula is C13H15FN4O. The van der Waals surface area contributed by atoms with Gasteiger partial charge in [-0.15, -0.1) is 0 Å². The number of ether oxygens (including phenoxy) is 1. The molecule has 0 saturated carbocycles. The van der Waals surface area contributed by atoms with Gasteiger partial charge in [-0.3, -0.25) is 0 Å². The zero-order valence-electron chi connectivity index (χ0n) is 10.3. The smallest absolute Gasteiger partial charge is 0.165 e. The van der Waals surface area contributed by atoms with Gasteiger partial charge in [-0.05, 0) is 12.1 Å². The number of nitrogens with two attached hydrogens (primary N) is 1. The Balaban J connectivity index is 1.79. The van der Waals surface area contributed by atoms with Crippen molar-refractivity contribution < 1.29 is 9.13 Å². The molecule has 3 N–H and O–H groups in total. The fraction of sp³-hybridized carbons (Fsp3) is 0.231. The maximum Gasteiger partial charge on any atom is 0.165 e. The molecule has 0 atom stereocenters. The number of anilines is 1. The normalized spacial score (nSPS) is 10.2. The number of nitrogens with zero attached hydrogens (tertiary/aromatic N) is 2. The SMILES string of the molecule is NCc1cc(NCCOc2ccccc2F)ncn1. The number of para-hydroxylation sites is 1. The lowest BCUT2D eigenvalue weighted by atomic mass is 10.3. The van der Waals surface area contributed by atoms with Crippen LogP contribution in [0.25, 0.3) is 0 Å². The van der Waals surface area contributed by atoms with Crippen LogP contribution in [0, 0.1) is 5.82 Å². The van der Waals surface area contributed by atoms with E-state index in [1.165, 1.54) is 12.4 Å². The van der Waals surface area contributed by atoms with Gasteiger partial charge < -0.3 is 15.8 Å². The highest BCUT2D eigenvalue weighted by atomic mass is 19.1. The van der Waals surface area contributed by atoms with Gasteiger partial charge in [-0.25, -0.2) is 14.4 Å². The first-order valence-electron chi connectivity index (χ1n) is 5.92. The van der Waals surface area contributed by atoms with Crippen LogP contribution < -0.4 is 15.8 Å². The van der Waals surface area contributed by atoms with Crippen molar-refractivity contribution in [2.45, 2.75) is 6.54 Å². The predicted octanol–water partition coefficient (Wildman–Crippen LogP) is 1.57. The molecule has 5 nitrogen and oxygen atoms in total. The highest BCUT2D eigenvalue weighted by Gasteiger charge is 2.01. The molecule has 0 aliphatic rings. The maximum absolute atomic E-state index is 13.3. The fourth-order valence-corrected chi connectivity index (χ4v) is 1.51. The number of hydrogen-bond donors (Lipinski definition) is 2. The summed E-state index contributed by atoms with van der Waals surface area (Å²) >= 11 is 0. The summed E-state index contributed by atoms with van der Waals surface area (Å²) in [6, 6.07) is 8.07. The van der Waals surface area contributed by atoms with E-state index in [-0.39, 0.29) is 11.6 Å². The second kappa shape index (κ2) is 6.65. The van der Waals surface area contributed by atoms with Gasteiger partial charge in [0.25, 0.3) is 0 Å². The number of rotatable bonds is 6. The maximum atomic E-state index is 13.3. The summed E-state index contributed by atoms with van der Waals surface area (Å²) in [5.74, 6) is 0.553. The van der Waals surface area contributed by atoms with Crippen molar-refractivity contribution in [3.63, 3.8) is 0 Å². The molecule has 0 bridgehead atoms. The monoisotopic (exact) mass is 262 g/mol. The van der Waals surface area contributed by atoms with E-state index < -0.39 is 0 Å². The van der Waals surface area contributed by atoms with E-state index in [1.807, 2.05) is 0 Å². The highest BCUT2D eigenvalue weighted by Crippen LogP contribution is 2.14. The van der Waals surface area contributed by atoms with Crippen molar-refractivity contribution in [2.24, 2.45) is 5.73 Å². The molecule has 19 heavy (non-hydrogen) atoms. The molecule has 1 aromatic carbocycles. The Kier molecular flexibility index (Phi) is 4.63. The minimum atomic E-state index is -0.366. The van der Waals surface area contributed by atoms with E-state index >= 15 is 0 Å². The third kappa shape index (κ3) is 3.89. The van der Waals surface area contributed by atoms with E-state index in [1.54, 1.807) is 24.3 Å². The number of benzene rings is 1. The third-order valence-electron chi connectivity index (χ3n) is 2.44. The quantitative estimate of drug-likeness (QED) is 0.773. The largest absolute Gasteiger partial charge is 0.489 e. The van der Waals surface area contributed by atoms with Gasteiger partial charge in [0.1, 0.15) is 18.8 Å². The summed E-state index contributed by atoms with van der Waals surface area (Å²) in [4.78, 5) is 8.03. The fourth-order valence-electron chi connectivity index (χ4n) is 1.51. The molecule has 6 heteroatoms. The average Bonchev–Trinajstić information content (AvgIpc) is 2.45. The number of hydrogen-bond acceptors (Lipinski definition) is 5. The van der Waals surface area contributed by atoms with Gasteiger partial charge in [0.05, 0.1) is 12.2 Å². The van der Waals surface area contributed by atoms with E-state index in [0.717, 1.165) is 5.69 Å². The Morgan fingerprint density at radius 2 is 2.11 bits per heavy atom. The molecule has 2 rings (SSSR count). The van der Waals surface area contributed by atoms with Crippen molar-refractivity contribution in [3.05, 3.63) is 48.2 Å². The van der Waals surface area contributed by atoms with Gasteiger partial charge in [-0.1, -0.05) is 12.1 Å². The second-order valence-corrected chi connectivity index (χ2v) is 3.80. The van der Waals surface area contributed by atoms with Crippen molar-refractivity contribution in [1.29, 1.82) is 0 Å². The van der Waals surface area contributed by atoms with E-state index in [4.69, 9.17) is 10.5 Å². The Morgan fingerprint density at radius 3 is 2.89 bits per heavy atom. The van der Waals surface area contributed by atoms with Crippen LogP contribution in [-0.4, -0.2) is 23.1 Å². The van der Waals surface area contributed by atoms with E-state index in [9.17, 15) is 4.39 Å². The molecular weight excluding hydrogens is 247 g/mol. The van der Waals surface area contributed by atoms with Crippen LogP contribution >= 0.6 is 0 Å². The Morgan fingerprint density at radius 1 is 1.26 bits per heavy atom. The van der Waals surface area contributed by atoms with Crippen LogP contribution in [0.3, 0.4) is 0 Å². The third-order valence-corrected chi connectivity index (χ3v) is 2.44. The number of halogens is 1. The molecule has 0 saturated heterocycles. The van der Waals surface area contributed by atoms with Gasteiger partial charge in [0.15, 0.2) is 11.6 Å². The van der Waals surface area contributed by atoms with Crippen LogP contribution in [0.2, 0.25) is 0 Å². The van der Waals surface area contributed by atoms with E-state index in [2.05, 4.69) is 15.3 Å². The summed E-state index contributed by atoms with van der Waals surface area (Å²) < 4.78 is 18.6. The molecule has 1 aromatic heterocycles. The Bertz CT molecular complexity index is 536. The van der Waals surface area contributed by atoms with Crippen LogP contribution in [-0.2, 0) is 6.54 Å². The zero-order chi connectivity index (χ0) is 13.5. The molecule has 2 aromatic rings. The van der Waals surface area contributed by atoms with Gasteiger partial charge >= 0.3 is 0 Å². The average molecular weight is 262 g/mol. The lowest BCUT2D eigenvalue weighted by Gasteiger charge is -2.08.